The van der Waals surface area contributed by atoms with Crippen LogP contribution in [-0.4, -0.2) is 40.2 Å². The molecule has 2 aliphatic heterocycles. The number of aliphatic hydroxyl groups is 1. The van der Waals surface area contributed by atoms with Gasteiger partial charge in [-0.25, -0.2) is 0 Å². The third-order valence-corrected chi connectivity index (χ3v) is 9.11. The summed E-state index contributed by atoms with van der Waals surface area (Å²) < 4.78 is 12.0. The van der Waals surface area contributed by atoms with Gasteiger partial charge in [-0.05, 0) is 40.8 Å². The molecule has 1 amide bonds. The van der Waals surface area contributed by atoms with Gasteiger partial charge in [-0.2, -0.15) is 0 Å². The lowest BCUT2D eigenvalue weighted by atomic mass is 9.93. The Morgan fingerprint density at radius 2 is 1.73 bits per heavy atom. The number of aromatic nitrogens is 2. The Kier molecular flexibility index (Phi) is 7.51. The summed E-state index contributed by atoms with van der Waals surface area (Å²) >= 11 is 2.75. The van der Waals surface area contributed by atoms with Crippen molar-refractivity contribution in [3.8, 4) is 11.5 Å². The number of carbonyl (C=O) groups excluding carboxylic acids is 2. The fraction of sp³-hybridized carbons (Fsp3) is 0.226. The molecule has 3 aromatic carbocycles. The van der Waals surface area contributed by atoms with Crippen LogP contribution in [0, 0.1) is 0 Å². The zero-order valence-corrected chi connectivity index (χ0v) is 24.1. The molecule has 3 heterocycles. The second-order valence-corrected chi connectivity index (χ2v) is 12.2. The number of fused-ring (bicyclic) bond motifs is 1. The van der Waals surface area contributed by atoms with Crippen molar-refractivity contribution in [2.75, 3.05) is 18.1 Å². The minimum atomic E-state index is -0.885. The van der Waals surface area contributed by atoms with Gasteiger partial charge in [-0.1, -0.05) is 91.5 Å². The molecule has 2 aliphatic rings. The zero-order valence-electron chi connectivity index (χ0n) is 22.4. The topological polar surface area (TPSA) is 102 Å². The largest absolute Gasteiger partial charge is 0.507 e. The third kappa shape index (κ3) is 5.32. The van der Waals surface area contributed by atoms with Gasteiger partial charge in [0.25, 0.3) is 5.78 Å². The Hall–Kier alpha value is -4.15. The molecule has 0 radical (unpaired) electrons. The number of Topliss-reactive ketones (excluding diaryl/α,β-unsaturated/α-hetero) is 1. The number of aliphatic hydroxyl groups excluding tert-OH is 1. The summed E-state index contributed by atoms with van der Waals surface area (Å²) in [5.41, 5.74) is 3.28. The average molecular weight is 586 g/mol. The number of anilines is 1. The minimum Gasteiger partial charge on any atom is -0.507 e. The molecule has 10 heteroatoms. The van der Waals surface area contributed by atoms with E-state index in [0.29, 0.717) is 57.0 Å². The van der Waals surface area contributed by atoms with Crippen molar-refractivity contribution in [1.82, 2.24) is 10.2 Å². The minimum absolute atomic E-state index is 0.0161. The second-order valence-electron chi connectivity index (χ2n) is 9.97. The maximum absolute atomic E-state index is 13.6. The molecule has 0 aliphatic carbocycles. The maximum Gasteiger partial charge on any atom is 0.301 e. The van der Waals surface area contributed by atoms with Crippen molar-refractivity contribution in [1.29, 1.82) is 0 Å². The van der Waals surface area contributed by atoms with Crippen LogP contribution < -0.4 is 14.4 Å². The Morgan fingerprint density at radius 3 is 2.46 bits per heavy atom. The van der Waals surface area contributed by atoms with Crippen LogP contribution in [0.3, 0.4) is 0 Å². The molecule has 1 saturated heterocycles. The molecule has 1 fully saturated rings. The highest BCUT2D eigenvalue weighted by molar-refractivity contribution is 8.00. The molecule has 1 atom stereocenters. The van der Waals surface area contributed by atoms with Gasteiger partial charge in [0.2, 0.25) is 5.13 Å². The third-order valence-electron chi connectivity index (χ3n) is 6.99. The molecule has 41 heavy (non-hydrogen) atoms. The predicted octanol–water partition coefficient (Wildman–Crippen LogP) is 6.35. The lowest BCUT2D eigenvalue weighted by Crippen LogP contribution is -2.29. The predicted molar refractivity (Wildman–Crippen MR) is 159 cm³/mol. The molecule has 0 spiro atoms. The second kappa shape index (κ2) is 11.4. The monoisotopic (exact) mass is 585 g/mol. The zero-order chi connectivity index (χ0) is 28.5. The van der Waals surface area contributed by atoms with E-state index in [9.17, 15) is 14.7 Å². The lowest BCUT2D eigenvalue weighted by molar-refractivity contribution is -0.132. The van der Waals surface area contributed by atoms with Crippen molar-refractivity contribution < 1.29 is 24.2 Å². The quantitative estimate of drug-likeness (QED) is 0.0880. The van der Waals surface area contributed by atoms with Gasteiger partial charge < -0.3 is 14.6 Å². The fourth-order valence-corrected chi connectivity index (χ4v) is 6.66. The number of hydrogen-bond donors (Lipinski definition) is 1. The van der Waals surface area contributed by atoms with Gasteiger partial charge in [0.05, 0.1) is 11.6 Å². The Morgan fingerprint density at radius 1 is 1.00 bits per heavy atom. The van der Waals surface area contributed by atoms with Crippen molar-refractivity contribution in [3.63, 3.8) is 0 Å². The van der Waals surface area contributed by atoms with Crippen LogP contribution >= 0.6 is 23.1 Å². The van der Waals surface area contributed by atoms with Crippen LogP contribution in [0.4, 0.5) is 5.13 Å². The van der Waals surface area contributed by atoms with E-state index in [0.717, 1.165) is 11.1 Å². The number of carbonyl (C=O) groups is 2. The molecule has 6 rings (SSSR count). The summed E-state index contributed by atoms with van der Waals surface area (Å²) in [5, 5.41) is 20.4. The number of benzene rings is 3. The Labute approximate surface area is 245 Å². The van der Waals surface area contributed by atoms with Crippen LogP contribution in [-0.2, 0) is 15.3 Å². The molecule has 4 aromatic rings. The van der Waals surface area contributed by atoms with Crippen LogP contribution in [0.15, 0.2) is 82.7 Å². The van der Waals surface area contributed by atoms with Crippen LogP contribution in [0.1, 0.15) is 48.1 Å². The first kappa shape index (κ1) is 27.0. The molecule has 8 nitrogen and oxygen atoms in total. The van der Waals surface area contributed by atoms with E-state index in [4.69, 9.17) is 9.47 Å². The highest BCUT2D eigenvalue weighted by Gasteiger charge is 2.48. The molecule has 208 valence electrons. The molecule has 1 N–H and O–H groups in total. The highest BCUT2D eigenvalue weighted by Crippen LogP contribution is 2.45. The normalized spacial score (nSPS) is 17.8. The SMILES string of the molecule is CC(C)c1ccc(C2/C(=C(/O)c3ccc4c(c3)OCCO4)C(=O)C(=O)N2c2nnc(SCc3ccccc3)s2)cc1. The standard InChI is InChI=1S/C31H27N3O5S2/c1-18(2)20-8-10-21(11-9-20)26-25(27(35)22-12-13-23-24(16-22)39-15-14-38-23)28(36)29(37)34(26)30-32-33-31(41-30)40-17-19-6-4-3-5-7-19/h3-13,16,18,26,35H,14-15,17H2,1-2H3/b27-25-. The molecule has 0 saturated carbocycles. The number of amides is 1. The van der Waals surface area contributed by atoms with E-state index in [1.165, 1.54) is 28.0 Å². The van der Waals surface area contributed by atoms with Gasteiger partial charge in [0.1, 0.15) is 19.0 Å². The van der Waals surface area contributed by atoms with E-state index >= 15 is 0 Å². The summed E-state index contributed by atoms with van der Waals surface area (Å²) in [4.78, 5) is 28.5. The van der Waals surface area contributed by atoms with E-state index < -0.39 is 17.7 Å². The Balaban J connectivity index is 1.40. The first-order valence-electron chi connectivity index (χ1n) is 13.2. The maximum atomic E-state index is 13.6. The first-order valence-corrected chi connectivity index (χ1v) is 15.0. The van der Waals surface area contributed by atoms with E-state index in [2.05, 4.69) is 24.0 Å². The van der Waals surface area contributed by atoms with Gasteiger partial charge in [-0.3, -0.25) is 14.5 Å². The summed E-state index contributed by atoms with van der Waals surface area (Å²) in [5.74, 6) is 0.185. The van der Waals surface area contributed by atoms with Gasteiger partial charge in [-0.15, -0.1) is 10.2 Å². The van der Waals surface area contributed by atoms with E-state index in [1.54, 1.807) is 18.2 Å². The smallest absolute Gasteiger partial charge is 0.301 e. The molecule has 1 aromatic heterocycles. The van der Waals surface area contributed by atoms with E-state index in [1.807, 2.05) is 54.6 Å². The summed E-state index contributed by atoms with van der Waals surface area (Å²) in [6.45, 7) is 5.01. The fourth-order valence-electron chi connectivity index (χ4n) is 4.83. The molecule has 1 unspecified atom stereocenters. The highest BCUT2D eigenvalue weighted by atomic mass is 32.2. The van der Waals surface area contributed by atoms with Crippen LogP contribution in [0.25, 0.3) is 5.76 Å². The van der Waals surface area contributed by atoms with Crippen LogP contribution in [0.5, 0.6) is 11.5 Å². The number of nitrogens with zero attached hydrogens (tertiary/aromatic N) is 3. The van der Waals surface area contributed by atoms with Crippen molar-refractivity contribution in [2.45, 2.75) is 35.9 Å². The van der Waals surface area contributed by atoms with Gasteiger partial charge in [0, 0.05) is 11.3 Å². The molecular formula is C31H27N3O5S2. The van der Waals surface area contributed by atoms with Gasteiger partial charge >= 0.3 is 5.91 Å². The lowest BCUT2D eigenvalue weighted by Gasteiger charge is -2.23. The number of ketones is 1. The molecular weight excluding hydrogens is 558 g/mol. The van der Waals surface area contributed by atoms with Crippen LogP contribution in [0.2, 0.25) is 0 Å². The van der Waals surface area contributed by atoms with Crippen molar-refractivity contribution in [3.05, 3.63) is 101 Å². The summed E-state index contributed by atoms with van der Waals surface area (Å²) in [6, 6.07) is 21.8. The van der Waals surface area contributed by atoms with Crippen molar-refractivity contribution >= 4 is 45.7 Å². The molecule has 0 bridgehead atoms. The summed E-state index contributed by atoms with van der Waals surface area (Å²) in [6.07, 6.45) is 0. The first-order chi connectivity index (χ1) is 19.9. The summed E-state index contributed by atoms with van der Waals surface area (Å²) in [7, 11) is 0. The number of hydrogen-bond acceptors (Lipinski definition) is 9. The van der Waals surface area contributed by atoms with E-state index in [-0.39, 0.29) is 11.3 Å². The number of rotatable bonds is 7. The number of ether oxygens (including phenoxy) is 2. The van der Waals surface area contributed by atoms with Gasteiger partial charge in [0.15, 0.2) is 15.8 Å². The average Bonchev–Trinajstić information content (AvgIpc) is 3.57. The van der Waals surface area contributed by atoms with Crippen molar-refractivity contribution in [2.24, 2.45) is 0 Å². The Bertz CT molecular complexity index is 1630. The number of thioether (sulfide) groups is 1.